The van der Waals surface area contributed by atoms with Gasteiger partial charge in [0, 0.05) is 32.9 Å². The fourth-order valence-corrected chi connectivity index (χ4v) is 8.57. The molecule has 8 aromatic rings. The van der Waals surface area contributed by atoms with Crippen molar-refractivity contribution in [2.24, 2.45) is 40.9 Å². The molecule has 6 N–H and O–H groups in total. The van der Waals surface area contributed by atoms with Gasteiger partial charge in [0.05, 0.1) is 65.1 Å². The quantitative estimate of drug-likeness (QED) is 0.0436. The normalized spacial score (nSPS) is 12.7. The molecular weight excluding hydrogens is 1020 g/mol. The van der Waals surface area contributed by atoms with E-state index in [-0.39, 0.29) is 43.3 Å². The number of rotatable bonds is 14. The first-order chi connectivity index (χ1) is 34.1. The monoisotopic (exact) mass is 1050 g/mol. The summed E-state index contributed by atoms with van der Waals surface area (Å²) >= 11 is 0. The Kier molecular flexibility index (Phi) is 14.0. The molecule has 0 aromatic heterocycles. The number of nitrogens with zero attached hydrogens (tertiary/aromatic N) is 8. The lowest BCUT2D eigenvalue weighted by Crippen LogP contribution is -2.19. The van der Waals surface area contributed by atoms with Gasteiger partial charge in [-0.25, -0.2) is 4.79 Å². The van der Waals surface area contributed by atoms with Gasteiger partial charge in [-0.3, -0.25) is 18.2 Å². The van der Waals surface area contributed by atoms with Gasteiger partial charge < -0.3 is 10.6 Å². The number of hydrogen-bond acceptors (Lipinski definition) is 17. The summed E-state index contributed by atoms with van der Waals surface area (Å²) in [5, 5.41) is 40.3. The van der Waals surface area contributed by atoms with E-state index >= 15 is 0 Å². The standard InChI is InChI=1S/C45H32N10O13S4/c56-45(46-27-1-5-29(6-2-27)48-52-41-21-23-43(39-25-35(71(63,64)65)17-19-37(39)41)54-50-31-9-13-33(14-10-31)69(57,58)59)47-28-3-7-30(8-4-28)49-53-42-22-24-44(40-26-36(72(66,67)68)18-20-38(40)42)55-51-32-11-15-34(16-12-32)70(60,61)62/h1-26H,(H2,46,47,56)(H,57,58,59)(H,60,61,62)(H,63,64,65)(H,66,67,68). The van der Waals surface area contributed by atoms with E-state index in [1.165, 1.54) is 72.8 Å². The maximum absolute atomic E-state index is 12.9. The van der Waals surface area contributed by atoms with E-state index < -0.39 is 56.3 Å². The minimum Gasteiger partial charge on any atom is -0.308 e. The zero-order chi connectivity index (χ0) is 51.4. The van der Waals surface area contributed by atoms with E-state index in [0.29, 0.717) is 44.9 Å². The largest absolute Gasteiger partial charge is 0.323 e. The van der Waals surface area contributed by atoms with Crippen LogP contribution < -0.4 is 10.6 Å². The van der Waals surface area contributed by atoms with Crippen LogP contribution in [0, 0.1) is 0 Å². The Labute approximate surface area is 408 Å². The summed E-state index contributed by atoms with van der Waals surface area (Å²) in [4.78, 5) is 11.4. The van der Waals surface area contributed by atoms with E-state index in [0.717, 1.165) is 24.3 Å². The fraction of sp³-hybridized carbons (Fsp3) is 0. The molecule has 0 bridgehead atoms. The maximum Gasteiger partial charge on any atom is 0.323 e. The Balaban J connectivity index is 0.920. The zero-order valence-corrected chi connectivity index (χ0v) is 39.5. The molecule has 23 nitrogen and oxygen atoms in total. The van der Waals surface area contributed by atoms with E-state index in [1.54, 1.807) is 60.7 Å². The van der Waals surface area contributed by atoms with Crippen molar-refractivity contribution < 1.29 is 56.7 Å². The minimum atomic E-state index is -4.61. The number of carbonyl (C=O) groups excluding carboxylic acids is 1. The summed E-state index contributed by atoms with van der Waals surface area (Å²) in [5.41, 5.74) is 2.95. The third-order valence-electron chi connectivity index (χ3n) is 10.1. The van der Waals surface area contributed by atoms with Gasteiger partial charge in [0.2, 0.25) is 0 Å². The maximum atomic E-state index is 12.9. The van der Waals surface area contributed by atoms with Crippen LogP contribution >= 0.6 is 0 Å². The molecule has 0 atom stereocenters. The van der Waals surface area contributed by atoms with Gasteiger partial charge in [-0.15, -0.1) is 20.5 Å². The third-order valence-corrected chi connectivity index (χ3v) is 13.5. The van der Waals surface area contributed by atoms with E-state index in [2.05, 4.69) is 51.5 Å². The summed E-state index contributed by atoms with van der Waals surface area (Å²) in [6.45, 7) is 0. The van der Waals surface area contributed by atoms with Crippen molar-refractivity contribution in [1.82, 2.24) is 0 Å². The highest BCUT2D eigenvalue weighted by molar-refractivity contribution is 7.86. The topological polar surface area (TPSA) is 357 Å². The number of urea groups is 1. The third kappa shape index (κ3) is 12.3. The van der Waals surface area contributed by atoms with Crippen LogP contribution in [-0.2, 0) is 40.5 Å². The number of amides is 2. The molecule has 0 fully saturated rings. The number of carbonyl (C=O) groups is 1. The Morgan fingerprint density at radius 1 is 0.306 bits per heavy atom. The summed E-state index contributed by atoms with van der Waals surface area (Å²) in [5.74, 6) is 0. The van der Waals surface area contributed by atoms with Crippen LogP contribution in [0.4, 0.5) is 61.7 Å². The number of fused-ring (bicyclic) bond motifs is 2. The van der Waals surface area contributed by atoms with Crippen LogP contribution in [-0.4, -0.2) is 57.9 Å². The Morgan fingerprint density at radius 2 is 0.556 bits per heavy atom. The van der Waals surface area contributed by atoms with Crippen molar-refractivity contribution in [3.63, 3.8) is 0 Å². The number of hydrogen-bond donors (Lipinski definition) is 6. The molecule has 0 unspecified atom stereocenters. The van der Waals surface area contributed by atoms with Crippen LogP contribution in [0.2, 0.25) is 0 Å². The van der Waals surface area contributed by atoms with Crippen molar-refractivity contribution in [2.45, 2.75) is 19.6 Å². The fourth-order valence-electron chi connectivity index (χ4n) is 6.59. The lowest BCUT2D eigenvalue weighted by atomic mass is 10.1. The van der Waals surface area contributed by atoms with Crippen molar-refractivity contribution in [2.75, 3.05) is 10.6 Å². The van der Waals surface area contributed by atoms with Gasteiger partial charge >= 0.3 is 6.03 Å². The Morgan fingerprint density at radius 3 is 0.833 bits per heavy atom. The SMILES string of the molecule is O=C(Nc1ccc(N=Nc2ccc(N=Nc3ccc(S(=O)(=O)O)cc3)c3cc(S(=O)(=O)O)ccc23)cc1)Nc1ccc(N=Nc2ccc(N=Nc3ccc(S(=O)(=O)O)cc3)c3cc(S(=O)(=O)O)ccc23)cc1. The van der Waals surface area contributed by atoms with E-state index in [4.69, 9.17) is 0 Å². The highest BCUT2D eigenvalue weighted by Gasteiger charge is 2.17. The smallest absolute Gasteiger partial charge is 0.308 e. The molecule has 0 spiro atoms. The molecule has 0 aliphatic carbocycles. The lowest BCUT2D eigenvalue weighted by Gasteiger charge is -2.08. The second kappa shape index (κ2) is 20.1. The lowest BCUT2D eigenvalue weighted by molar-refractivity contribution is 0.262. The molecule has 72 heavy (non-hydrogen) atoms. The molecule has 0 saturated carbocycles. The molecule has 364 valence electrons. The van der Waals surface area contributed by atoms with Crippen LogP contribution in [0.5, 0.6) is 0 Å². The minimum absolute atomic E-state index is 0.177. The summed E-state index contributed by atoms with van der Waals surface area (Å²) in [7, 11) is -18.1. The molecule has 2 amide bonds. The second-order valence-corrected chi connectivity index (χ2v) is 20.7. The number of benzene rings is 8. The number of azo groups is 4. The molecular formula is C45H32N10O13S4. The van der Waals surface area contributed by atoms with Crippen molar-refractivity contribution in [3.8, 4) is 0 Å². The van der Waals surface area contributed by atoms with Crippen molar-refractivity contribution in [3.05, 3.63) is 158 Å². The number of nitrogens with one attached hydrogen (secondary N) is 2. The highest BCUT2D eigenvalue weighted by atomic mass is 32.2. The average Bonchev–Trinajstić information content (AvgIpc) is 3.33. The number of anilines is 2. The highest BCUT2D eigenvalue weighted by Crippen LogP contribution is 2.39. The van der Waals surface area contributed by atoms with Crippen LogP contribution in [0.25, 0.3) is 21.5 Å². The van der Waals surface area contributed by atoms with Crippen LogP contribution in [0.15, 0.2) is 218 Å². The average molecular weight is 1050 g/mol. The first-order valence-corrected chi connectivity index (χ1v) is 26.0. The van der Waals surface area contributed by atoms with Crippen molar-refractivity contribution >= 4 is 125 Å². The van der Waals surface area contributed by atoms with Gasteiger partial charge in [-0.05, 0) is 146 Å². The van der Waals surface area contributed by atoms with Crippen molar-refractivity contribution in [1.29, 1.82) is 0 Å². The summed E-state index contributed by atoms with van der Waals surface area (Å²) in [6.07, 6.45) is 0. The summed E-state index contributed by atoms with van der Waals surface area (Å²) in [6, 6.07) is 35.4. The van der Waals surface area contributed by atoms with E-state index in [9.17, 15) is 56.7 Å². The molecule has 0 radical (unpaired) electrons. The van der Waals surface area contributed by atoms with Gasteiger partial charge in [-0.2, -0.15) is 54.1 Å². The predicted octanol–water partition coefficient (Wildman–Crippen LogP) is 12.3. The van der Waals surface area contributed by atoms with Crippen LogP contribution in [0.1, 0.15) is 0 Å². The van der Waals surface area contributed by atoms with Gasteiger partial charge in [0.25, 0.3) is 40.5 Å². The molecule has 8 aromatic carbocycles. The van der Waals surface area contributed by atoms with E-state index in [1.807, 2.05) is 0 Å². The predicted molar refractivity (Wildman–Crippen MR) is 262 cm³/mol. The molecule has 0 aliphatic heterocycles. The Hall–Kier alpha value is -8.41. The summed E-state index contributed by atoms with van der Waals surface area (Å²) < 4.78 is 131. The molecule has 0 heterocycles. The Bertz CT molecular complexity index is 3770. The first kappa shape index (κ1) is 50.0. The first-order valence-electron chi connectivity index (χ1n) is 20.3. The van der Waals surface area contributed by atoms with Crippen LogP contribution in [0.3, 0.4) is 0 Å². The molecule has 0 aliphatic rings. The second-order valence-electron chi connectivity index (χ2n) is 15.0. The zero-order valence-electron chi connectivity index (χ0n) is 36.2. The van der Waals surface area contributed by atoms with Gasteiger partial charge in [0.1, 0.15) is 0 Å². The van der Waals surface area contributed by atoms with Gasteiger partial charge in [-0.1, -0.05) is 12.1 Å². The molecule has 0 saturated heterocycles. The molecule has 27 heteroatoms. The van der Waals surface area contributed by atoms with Gasteiger partial charge in [0.15, 0.2) is 0 Å². The molecule has 8 rings (SSSR count).